The standard InChI is InChI=1S/C46H51BO6Si/c1-5-14-31(27-32-21-24-34(48)25-22-32)23-26-41-42-33(30-52-54(46(2,3)4,35-15-8-6-9-16-35)36-17-10-7-11-18-36)28-39-43(40(42)29-47(51)53-41)45(50)38-20-13-12-19-37(38)44(39)49/h6-13,15-22,24-25,27,39-41,43,48,51H,5,14,23,26,28-30H2,1-4H3/b31-27+/t39-,40+,41-,43-/m1/s1. The van der Waals surface area contributed by atoms with Crippen LogP contribution < -0.4 is 10.4 Å². The minimum Gasteiger partial charge on any atom is -0.508 e. The van der Waals surface area contributed by atoms with E-state index in [0.717, 1.165) is 36.0 Å². The molecule has 54 heavy (non-hydrogen) atoms. The average molecular weight is 739 g/mol. The third-order valence-electron chi connectivity index (χ3n) is 11.8. The smallest absolute Gasteiger partial charge is 0.455 e. The highest BCUT2D eigenvalue weighted by atomic mass is 28.4. The molecule has 4 aromatic rings. The monoisotopic (exact) mass is 738 g/mol. The Morgan fingerprint density at radius 2 is 1.43 bits per heavy atom. The van der Waals surface area contributed by atoms with Crippen molar-refractivity contribution in [1.82, 2.24) is 0 Å². The summed E-state index contributed by atoms with van der Waals surface area (Å²) in [4.78, 5) is 28.8. The molecule has 0 spiro atoms. The van der Waals surface area contributed by atoms with Crippen molar-refractivity contribution in [3.8, 4) is 5.75 Å². The Hall–Kier alpha value is -4.34. The van der Waals surface area contributed by atoms with Crippen LogP contribution in [-0.4, -0.2) is 49.8 Å². The van der Waals surface area contributed by atoms with Crippen LogP contribution in [0.5, 0.6) is 5.75 Å². The Balaban J connectivity index is 1.32. The minimum absolute atomic E-state index is 0.00297. The molecule has 6 nitrogen and oxygen atoms in total. The van der Waals surface area contributed by atoms with Crippen LogP contribution in [-0.2, 0) is 9.08 Å². The molecule has 0 aromatic heterocycles. The van der Waals surface area contributed by atoms with Crippen LogP contribution in [0.25, 0.3) is 6.08 Å². The second kappa shape index (κ2) is 15.8. The third-order valence-corrected chi connectivity index (χ3v) is 16.8. The number of rotatable bonds is 11. The molecule has 7 rings (SSSR count). The highest BCUT2D eigenvalue weighted by molar-refractivity contribution is 6.99. The van der Waals surface area contributed by atoms with E-state index < -0.39 is 33.4 Å². The van der Waals surface area contributed by atoms with Crippen LogP contribution in [0.4, 0.5) is 0 Å². The van der Waals surface area contributed by atoms with Crippen LogP contribution in [0.3, 0.4) is 0 Å². The normalized spacial score (nSPS) is 21.8. The van der Waals surface area contributed by atoms with E-state index in [1.165, 1.54) is 15.9 Å². The molecule has 1 heterocycles. The van der Waals surface area contributed by atoms with Crippen molar-refractivity contribution in [2.45, 2.75) is 77.3 Å². The Bertz CT molecular complexity index is 2000. The maximum absolute atomic E-state index is 14.4. The van der Waals surface area contributed by atoms with Crippen molar-refractivity contribution < 1.29 is 28.8 Å². The first kappa shape index (κ1) is 38.0. The number of ketones is 2. The van der Waals surface area contributed by atoms with Gasteiger partial charge in [0, 0.05) is 23.0 Å². The second-order valence-corrected chi connectivity index (χ2v) is 20.5. The highest BCUT2D eigenvalue weighted by Gasteiger charge is 2.55. The summed E-state index contributed by atoms with van der Waals surface area (Å²) in [6, 6.07) is 35.5. The van der Waals surface area contributed by atoms with Gasteiger partial charge in [-0.2, -0.15) is 0 Å². The predicted molar refractivity (Wildman–Crippen MR) is 219 cm³/mol. The number of carbonyl (C=O) groups excluding carboxylic acids is 2. The van der Waals surface area contributed by atoms with E-state index in [1.807, 2.05) is 36.4 Å². The van der Waals surface area contributed by atoms with Crippen molar-refractivity contribution in [1.29, 1.82) is 0 Å². The summed E-state index contributed by atoms with van der Waals surface area (Å²) in [5, 5.41) is 23.3. The van der Waals surface area contributed by atoms with Gasteiger partial charge in [0.1, 0.15) is 5.75 Å². The van der Waals surface area contributed by atoms with E-state index in [2.05, 4.69) is 82.3 Å². The van der Waals surface area contributed by atoms with E-state index in [-0.39, 0.29) is 34.6 Å². The van der Waals surface area contributed by atoms with Gasteiger partial charge in [0.05, 0.1) is 12.7 Å². The maximum atomic E-state index is 14.4. The molecule has 0 amide bonds. The van der Waals surface area contributed by atoms with Crippen LogP contribution in [0.15, 0.2) is 126 Å². The van der Waals surface area contributed by atoms with Crippen molar-refractivity contribution in [3.05, 3.63) is 143 Å². The number of benzene rings is 4. The summed E-state index contributed by atoms with van der Waals surface area (Å²) >= 11 is 0. The fourth-order valence-electron chi connectivity index (χ4n) is 9.47. The van der Waals surface area contributed by atoms with Gasteiger partial charge >= 0.3 is 7.12 Å². The Morgan fingerprint density at radius 1 is 0.833 bits per heavy atom. The van der Waals surface area contributed by atoms with Crippen molar-refractivity contribution in [2.75, 3.05) is 6.61 Å². The number of allylic oxidation sites excluding steroid dienone is 1. The lowest BCUT2D eigenvalue weighted by molar-refractivity contribution is 0.0591. The van der Waals surface area contributed by atoms with E-state index in [9.17, 15) is 19.7 Å². The van der Waals surface area contributed by atoms with E-state index >= 15 is 0 Å². The number of phenolic OH excluding ortho intramolecular Hbond substituents is 1. The Labute approximate surface area is 321 Å². The molecule has 0 radical (unpaired) electrons. The van der Waals surface area contributed by atoms with Crippen LogP contribution in [0.1, 0.15) is 86.1 Å². The molecule has 1 fully saturated rings. The predicted octanol–water partition coefficient (Wildman–Crippen LogP) is 8.44. The number of fused-ring (bicyclic) bond motifs is 4. The molecular weight excluding hydrogens is 687 g/mol. The fourth-order valence-corrected chi connectivity index (χ4v) is 14.0. The summed E-state index contributed by atoms with van der Waals surface area (Å²) in [6.07, 6.45) is 5.62. The van der Waals surface area contributed by atoms with E-state index in [0.29, 0.717) is 30.6 Å². The Morgan fingerprint density at radius 3 is 2.02 bits per heavy atom. The number of carbonyl (C=O) groups is 2. The highest BCUT2D eigenvalue weighted by Crippen LogP contribution is 2.51. The molecule has 2 N–H and O–H groups in total. The van der Waals surface area contributed by atoms with Crippen molar-refractivity contribution >= 4 is 43.5 Å². The molecule has 8 heteroatoms. The van der Waals surface area contributed by atoms with Gasteiger partial charge in [-0.25, -0.2) is 0 Å². The van der Waals surface area contributed by atoms with Gasteiger partial charge in [-0.15, -0.1) is 0 Å². The fraction of sp³-hybridized carbons (Fsp3) is 0.348. The first-order valence-electron chi connectivity index (χ1n) is 19.5. The number of hydrogen-bond donors (Lipinski definition) is 2. The lowest BCUT2D eigenvalue weighted by Crippen LogP contribution is -2.66. The van der Waals surface area contributed by atoms with Crippen LogP contribution >= 0.6 is 0 Å². The zero-order valence-corrected chi connectivity index (χ0v) is 32.8. The van der Waals surface area contributed by atoms with Crippen LogP contribution in [0.2, 0.25) is 11.4 Å². The molecule has 4 aromatic carbocycles. The molecule has 1 saturated heterocycles. The van der Waals surface area contributed by atoms with Gasteiger partial charge in [0.15, 0.2) is 11.6 Å². The molecule has 0 unspecified atom stereocenters. The molecule has 4 atom stereocenters. The number of aromatic hydroxyl groups is 1. The largest absolute Gasteiger partial charge is 0.508 e. The lowest BCUT2D eigenvalue weighted by atomic mass is 9.54. The van der Waals surface area contributed by atoms with Gasteiger partial charge in [-0.1, -0.05) is 143 Å². The lowest BCUT2D eigenvalue weighted by Gasteiger charge is -2.48. The first-order valence-corrected chi connectivity index (χ1v) is 21.4. The van der Waals surface area contributed by atoms with Gasteiger partial charge in [0.25, 0.3) is 8.32 Å². The molecule has 0 bridgehead atoms. The first-order chi connectivity index (χ1) is 26.0. The van der Waals surface area contributed by atoms with E-state index in [1.54, 1.807) is 24.3 Å². The van der Waals surface area contributed by atoms with Crippen molar-refractivity contribution in [2.24, 2.45) is 17.8 Å². The third kappa shape index (κ3) is 7.25. The van der Waals surface area contributed by atoms with Crippen molar-refractivity contribution in [3.63, 3.8) is 0 Å². The topological polar surface area (TPSA) is 93.1 Å². The number of Topliss-reactive ketones (excluding diaryl/α,β-unsaturated/α-hetero) is 2. The molecule has 278 valence electrons. The summed E-state index contributed by atoms with van der Waals surface area (Å²) in [5.74, 6) is -1.24. The van der Waals surface area contributed by atoms with Gasteiger partial charge in [-0.05, 0) is 82.2 Å². The van der Waals surface area contributed by atoms with Crippen LogP contribution in [0, 0.1) is 17.8 Å². The summed E-state index contributed by atoms with van der Waals surface area (Å²) in [7, 11) is -4.01. The SMILES string of the molecule is CCC/C(=C\c1ccc(O)cc1)CC[C@H]1OB(O)C[C@H]2C1=C(CO[Si](c1ccccc1)(c1ccccc1)C(C)(C)C)C[C@H]1C(=O)c3ccccc3C(=O)[C@H]12. The zero-order valence-electron chi connectivity index (χ0n) is 31.8. The van der Waals surface area contributed by atoms with Gasteiger partial charge in [-0.3, -0.25) is 9.59 Å². The van der Waals surface area contributed by atoms with Gasteiger partial charge < -0.3 is 19.2 Å². The summed E-state index contributed by atoms with van der Waals surface area (Å²) < 4.78 is 14.0. The summed E-state index contributed by atoms with van der Waals surface area (Å²) in [5.41, 5.74) is 5.29. The minimum atomic E-state index is -2.95. The number of hydrogen-bond acceptors (Lipinski definition) is 6. The Kier molecular flexibility index (Phi) is 11.1. The van der Waals surface area contributed by atoms with E-state index in [4.69, 9.17) is 9.08 Å². The van der Waals surface area contributed by atoms with Gasteiger partial charge in [0.2, 0.25) is 0 Å². The summed E-state index contributed by atoms with van der Waals surface area (Å²) in [6.45, 7) is 9.24. The molecule has 0 saturated carbocycles. The average Bonchev–Trinajstić information content (AvgIpc) is 3.17. The molecular formula is C46H51BO6Si. The second-order valence-electron chi connectivity index (χ2n) is 16.2. The number of phenols is 1. The quantitative estimate of drug-likeness (QED) is 0.119. The zero-order chi connectivity index (χ0) is 38.0. The molecule has 3 aliphatic rings. The molecule has 2 aliphatic carbocycles. The molecule has 1 aliphatic heterocycles. The maximum Gasteiger partial charge on any atom is 0.455 e.